The van der Waals surface area contributed by atoms with E-state index in [0.29, 0.717) is 29.0 Å². The summed E-state index contributed by atoms with van der Waals surface area (Å²) >= 11 is 0. The summed E-state index contributed by atoms with van der Waals surface area (Å²) in [5.41, 5.74) is 3.01. The Morgan fingerprint density at radius 3 is 2.66 bits per heavy atom. The Morgan fingerprint density at radius 1 is 1.17 bits per heavy atom. The minimum absolute atomic E-state index is 0.202. The van der Waals surface area contributed by atoms with Crippen LogP contribution in [0.25, 0.3) is 0 Å². The Balaban J connectivity index is 1.83. The molecular formula is C22H27FN2O3S. The van der Waals surface area contributed by atoms with Crippen LogP contribution in [0.15, 0.2) is 41.3 Å². The number of carboxylic acid groups (broad SMARTS) is 1. The molecule has 156 valence electrons. The highest BCUT2D eigenvalue weighted by molar-refractivity contribution is 7.86. The molecule has 0 aromatic heterocycles. The molecule has 0 bridgehead atoms. The lowest BCUT2D eigenvalue weighted by atomic mass is 9.95. The second kappa shape index (κ2) is 9.50. The van der Waals surface area contributed by atoms with Gasteiger partial charge in [0.25, 0.3) is 0 Å². The van der Waals surface area contributed by atoms with Crippen LogP contribution in [0.4, 0.5) is 10.1 Å². The van der Waals surface area contributed by atoms with Crippen molar-refractivity contribution < 1.29 is 18.5 Å². The maximum absolute atomic E-state index is 14.4. The van der Waals surface area contributed by atoms with Gasteiger partial charge in [-0.15, -0.1) is 0 Å². The summed E-state index contributed by atoms with van der Waals surface area (Å²) in [6.45, 7) is 2.39. The van der Waals surface area contributed by atoms with Crippen molar-refractivity contribution in [2.45, 2.75) is 50.0 Å². The number of fused-ring (bicyclic) bond motifs is 2. The molecule has 5 nitrogen and oxygen atoms in total. The molecule has 1 aliphatic rings. The van der Waals surface area contributed by atoms with E-state index in [1.807, 2.05) is 24.3 Å². The molecule has 0 fully saturated rings. The summed E-state index contributed by atoms with van der Waals surface area (Å²) in [4.78, 5) is 11.2. The number of carbonyl (C=O) groups is 1. The SMILES string of the molecule is Cc1cc2c(cc1F)C(NCCCCCCC(=O)O)c1ccccc1N(C)S2=O. The van der Waals surface area contributed by atoms with E-state index in [9.17, 15) is 13.4 Å². The van der Waals surface area contributed by atoms with Crippen molar-refractivity contribution in [3.8, 4) is 0 Å². The lowest BCUT2D eigenvalue weighted by Crippen LogP contribution is -2.24. The molecule has 29 heavy (non-hydrogen) atoms. The Bertz CT molecular complexity index is 919. The van der Waals surface area contributed by atoms with Crippen molar-refractivity contribution >= 4 is 22.6 Å². The zero-order valence-corrected chi connectivity index (χ0v) is 17.6. The lowest BCUT2D eigenvalue weighted by Gasteiger charge is -2.22. The summed E-state index contributed by atoms with van der Waals surface area (Å²) in [5, 5.41) is 12.2. The number of para-hydroxylation sites is 1. The van der Waals surface area contributed by atoms with Crippen LogP contribution in [-0.2, 0) is 15.8 Å². The maximum atomic E-state index is 14.4. The van der Waals surface area contributed by atoms with Crippen LogP contribution in [-0.4, -0.2) is 28.9 Å². The first-order valence-corrected chi connectivity index (χ1v) is 11.0. The number of anilines is 1. The van der Waals surface area contributed by atoms with Crippen LogP contribution in [0.2, 0.25) is 0 Å². The number of rotatable bonds is 8. The first kappa shape index (κ1) is 21.5. The van der Waals surface area contributed by atoms with Crippen molar-refractivity contribution in [1.29, 1.82) is 0 Å². The second-order valence-corrected chi connectivity index (χ2v) is 8.88. The predicted molar refractivity (Wildman–Crippen MR) is 113 cm³/mol. The highest BCUT2D eigenvalue weighted by Gasteiger charge is 2.30. The van der Waals surface area contributed by atoms with E-state index in [1.54, 1.807) is 24.3 Å². The minimum atomic E-state index is -1.42. The molecule has 1 heterocycles. The molecule has 2 aromatic rings. The number of aliphatic carboxylic acids is 1. The molecule has 2 unspecified atom stereocenters. The summed E-state index contributed by atoms with van der Waals surface area (Å²) in [6, 6.07) is 10.7. The van der Waals surface area contributed by atoms with Gasteiger partial charge in [-0.1, -0.05) is 31.0 Å². The fraction of sp³-hybridized carbons (Fsp3) is 0.409. The van der Waals surface area contributed by atoms with Gasteiger partial charge in [0.05, 0.1) is 16.6 Å². The van der Waals surface area contributed by atoms with E-state index >= 15 is 0 Å². The maximum Gasteiger partial charge on any atom is 0.303 e. The smallest absolute Gasteiger partial charge is 0.303 e. The highest BCUT2D eigenvalue weighted by Crippen LogP contribution is 2.39. The molecular weight excluding hydrogens is 391 g/mol. The van der Waals surface area contributed by atoms with Gasteiger partial charge in [0.15, 0.2) is 11.0 Å². The van der Waals surface area contributed by atoms with Gasteiger partial charge in [-0.25, -0.2) is 8.60 Å². The molecule has 3 rings (SSSR count). The average molecular weight is 419 g/mol. The largest absolute Gasteiger partial charge is 0.481 e. The number of unbranched alkanes of at least 4 members (excludes halogenated alkanes) is 3. The van der Waals surface area contributed by atoms with E-state index in [4.69, 9.17) is 5.11 Å². The number of hydrogen-bond donors (Lipinski definition) is 2. The Hall–Kier alpha value is -2.25. The third kappa shape index (κ3) is 4.85. The van der Waals surface area contributed by atoms with E-state index < -0.39 is 17.0 Å². The van der Waals surface area contributed by atoms with Crippen LogP contribution >= 0.6 is 0 Å². The number of halogens is 1. The normalized spacial score (nSPS) is 18.1. The number of nitrogens with zero attached hydrogens (tertiary/aromatic N) is 1. The van der Waals surface area contributed by atoms with Crippen LogP contribution in [0.3, 0.4) is 0 Å². The van der Waals surface area contributed by atoms with Crippen LogP contribution < -0.4 is 9.62 Å². The molecule has 2 atom stereocenters. The van der Waals surface area contributed by atoms with Gasteiger partial charge in [-0.2, -0.15) is 0 Å². The van der Waals surface area contributed by atoms with Crippen LogP contribution in [0.5, 0.6) is 0 Å². The average Bonchev–Trinajstić information content (AvgIpc) is 2.77. The van der Waals surface area contributed by atoms with Gasteiger partial charge in [0.2, 0.25) is 0 Å². The molecule has 7 heteroatoms. The monoisotopic (exact) mass is 418 g/mol. The minimum Gasteiger partial charge on any atom is -0.481 e. The molecule has 0 spiro atoms. The number of carboxylic acids is 1. The van der Waals surface area contributed by atoms with Gasteiger partial charge in [0, 0.05) is 13.5 Å². The van der Waals surface area contributed by atoms with Crippen molar-refractivity contribution in [2.75, 3.05) is 17.9 Å². The number of hydrogen-bond acceptors (Lipinski definition) is 3. The molecule has 0 radical (unpaired) electrons. The Morgan fingerprint density at radius 2 is 1.90 bits per heavy atom. The Kier molecular flexibility index (Phi) is 7.03. The lowest BCUT2D eigenvalue weighted by molar-refractivity contribution is -0.137. The van der Waals surface area contributed by atoms with Crippen LogP contribution in [0, 0.1) is 12.7 Å². The highest BCUT2D eigenvalue weighted by atomic mass is 32.2. The first-order valence-electron chi connectivity index (χ1n) is 9.90. The van der Waals surface area contributed by atoms with Gasteiger partial charge in [-0.3, -0.25) is 9.10 Å². The van der Waals surface area contributed by atoms with Gasteiger partial charge < -0.3 is 10.4 Å². The zero-order chi connectivity index (χ0) is 21.0. The zero-order valence-electron chi connectivity index (χ0n) is 16.8. The number of nitrogens with one attached hydrogen (secondary N) is 1. The van der Waals surface area contributed by atoms with E-state index in [1.165, 1.54) is 6.07 Å². The molecule has 0 amide bonds. The first-order chi connectivity index (χ1) is 13.9. The Labute approximate surface area is 173 Å². The third-order valence-electron chi connectivity index (χ3n) is 5.29. The van der Waals surface area contributed by atoms with E-state index in [0.717, 1.165) is 30.5 Å². The number of benzene rings is 2. The quantitative estimate of drug-likeness (QED) is 0.627. The third-order valence-corrected chi connectivity index (χ3v) is 6.72. The molecule has 0 saturated carbocycles. The van der Waals surface area contributed by atoms with E-state index in [2.05, 4.69) is 5.32 Å². The molecule has 2 N–H and O–H groups in total. The topological polar surface area (TPSA) is 69.6 Å². The van der Waals surface area contributed by atoms with E-state index in [-0.39, 0.29) is 18.3 Å². The van der Waals surface area contributed by atoms with Crippen molar-refractivity contribution in [1.82, 2.24) is 5.32 Å². The fourth-order valence-electron chi connectivity index (χ4n) is 3.69. The fourth-order valence-corrected chi connectivity index (χ4v) is 4.99. The standard InChI is InChI=1S/C22H27FN2O3S/c1-15-13-20-17(14-18(15)23)22(24-12-8-4-3-5-11-21(26)27)16-9-6-7-10-19(16)25(2)29(20)28/h6-7,9-10,13-14,22,24H,3-5,8,11-12H2,1-2H3,(H,26,27). The summed E-state index contributed by atoms with van der Waals surface area (Å²) < 4.78 is 29.3. The van der Waals surface area contributed by atoms with Crippen molar-refractivity contribution in [3.63, 3.8) is 0 Å². The van der Waals surface area contributed by atoms with Gasteiger partial charge in [-0.05, 0) is 61.2 Å². The molecule has 0 saturated heterocycles. The van der Waals surface area contributed by atoms with Gasteiger partial charge >= 0.3 is 5.97 Å². The van der Waals surface area contributed by atoms with Gasteiger partial charge in [0.1, 0.15) is 5.82 Å². The number of aryl methyl sites for hydroxylation is 1. The van der Waals surface area contributed by atoms with Crippen molar-refractivity contribution in [2.24, 2.45) is 0 Å². The molecule has 1 aliphatic heterocycles. The summed E-state index contributed by atoms with van der Waals surface area (Å²) in [6.07, 6.45) is 3.56. The molecule has 2 aromatic carbocycles. The van der Waals surface area contributed by atoms with Crippen LogP contribution in [0.1, 0.15) is 54.8 Å². The summed E-state index contributed by atoms with van der Waals surface area (Å²) in [5.74, 6) is -1.06. The predicted octanol–water partition coefficient (Wildman–Crippen LogP) is 4.32. The second-order valence-electron chi connectivity index (χ2n) is 7.39. The summed E-state index contributed by atoms with van der Waals surface area (Å²) in [7, 11) is 0.371. The molecule has 0 aliphatic carbocycles. The van der Waals surface area contributed by atoms with Crippen molar-refractivity contribution in [3.05, 3.63) is 58.9 Å².